The summed E-state index contributed by atoms with van der Waals surface area (Å²) in [5.74, 6) is 0.832. The van der Waals surface area contributed by atoms with Gasteiger partial charge in [0.05, 0.1) is 0 Å². The van der Waals surface area contributed by atoms with Crippen molar-refractivity contribution in [3.05, 3.63) is 0 Å². The summed E-state index contributed by atoms with van der Waals surface area (Å²) >= 11 is 0. The van der Waals surface area contributed by atoms with Gasteiger partial charge >= 0.3 is 6.03 Å². The fourth-order valence-electron chi connectivity index (χ4n) is 3.25. The Morgan fingerprint density at radius 3 is 2.05 bits per heavy atom. The van der Waals surface area contributed by atoms with E-state index in [0.29, 0.717) is 6.04 Å². The molecule has 2 rings (SSSR count). The molecule has 0 unspecified atom stereocenters. The zero-order valence-electron chi connectivity index (χ0n) is 13.6. The van der Waals surface area contributed by atoms with E-state index < -0.39 is 0 Å². The molecule has 1 heterocycles. The summed E-state index contributed by atoms with van der Waals surface area (Å²) in [5, 5.41) is 3.23. The molecule has 2 aliphatic rings. The normalized spacial score (nSPS) is 29.3. The lowest BCUT2D eigenvalue weighted by Crippen LogP contribution is -2.57. The maximum absolute atomic E-state index is 12.3. The third kappa shape index (κ3) is 4.11. The topological polar surface area (TPSA) is 35.6 Å². The van der Waals surface area contributed by atoms with Gasteiger partial charge in [0, 0.05) is 37.8 Å². The van der Waals surface area contributed by atoms with Crippen molar-refractivity contribution in [2.24, 2.45) is 5.92 Å². The number of piperazine rings is 1. The predicted molar refractivity (Wildman–Crippen MR) is 82.9 cm³/mol. The number of nitrogens with one attached hydrogen (secondary N) is 1. The Labute approximate surface area is 123 Å². The van der Waals surface area contributed by atoms with Crippen LogP contribution in [0, 0.1) is 5.92 Å². The molecule has 116 valence electrons. The third-order valence-corrected chi connectivity index (χ3v) is 4.86. The Hall–Kier alpha value is -0.770. The van der Waals surface area contributed by atoms with E-state index in [0.717, 1.165) is 44.9 Å². The van der Waals surface area contributed by atoms with Gasteiger partial charge in [-0.3, -0.25) is 4.90 Å². The summed E-state index contributed by atoms with van der Waals surface area (Å²) < 4.78 is 0. The molecule has 4 heteroatoms. The summed E-state index contributed by atoms with van der Waals surface area (Å²) in [6.45, 7) is 12.7. The predicted octanol–water partition coefficient (Wildman–Crippen LogP) is 2.69. The van der Waals surface area contributed by atoms with Gasteiger partial charge in [-0.25, -0.2) is 4.79 Å². The maximum atomic E-state index is 12.3. The number of carbonyl (C=O) groups excluding carboxylic acids is 1. The van der Waals surface area contributed by atoms with Crippen LogP contribution in [0.3, 0.4) is 0 Å². The molecule has 1 aliphatic carbocycles. The van der Waals surface area contributed by atoms with Crippen LogP contribution >= 0.6 is 0 Å². The highest BCUT2D eigenvalue weighted by atomic mass is 16.2. The monoisotopic (exact) mass is 281 g/mol. The third-order valence-electron chi connectivity index (χ3n) is 4.86. The van der Waals surface area contributed by atoms with Crippen molar-refractivity contribution in [3.63, 3.8) is 0 Å². The highest BCUT2D eigenvalue weighted by Gasteiger charge is 2.29. The fourth-order valence-corrected chi connectivity index (χ4v) is 3.25. The molecule has 0 radical (unpaired) electrons. The van der Waals surface area contributed by atoms with Gasteiger partial charge in [-0.05, 0) is 52.4 Å². The molecule has 0 atom stereocenters. The van der Waals surface area contributed by atoms with Crippen molar-refractivity contribution in [2.75, 3.05) is 26.2 Å². The molecular weight excluding hydrogens is 250 g/mol. The second-order valence-corrected chi connectivity index (χ2v) is 7.55. The van der Waals surface area contributed by atoms with Crippen LogP contribution in [0.4, 0.5) is 4.79 Å². The van der Waals surface area contributed by atoms with E-state index in [1.165, 1.54) is 12.8 Å². The van der Waals surface area contributed by atoms with Crippen LogP contribution in [0.15, 0.2) is 0 Å². The number of rotatable bonds is 1. The molecule has 20 heavy (non-hydrogen) atoms. The van der Waals surface area contributed by atoms with Crippen LogP contribution in [0.1, 0.15) is 53.4 Å². The molecule has 0 aromatic carbocycles. The fraction of sp³-hybridized carbons (Fsp3) is 0.938. The number of carbonyl (C=O) groups is 1. The van der Waals surface area contributed by atoms with Gasteiger partial charge in [0.15, 0.2) is 0 Å². The van der Waals surface area contributed by atoms with Crippen LogP contribution in [-0.2, 0) is 0 Å². The van der Waals surface area contributed by atoms with Crippen molar-refractivity contribution < 1.29 is 4.79 Å². The minimum atomic E-state index is 0.151. The van der Waals surface area contributed by atoms with Gasteiger partial charge in [0.25, 0.3) is 0 Å². The van der Waals surface area contributed by atoms with Crippen molar-refractivity contribution in [1.82, 2.24) is 15.1 Å². The maximum Gasteiger partial charge on any atom is 0.317 e. The Bertz CT molecular complexity index is 321. The molecule has 0 aromatic heterocycles. The second-order valence-electron chi connectivity index (χ2n) is 7.55. The van der Waals surface area contributed by atoms with Crippen molar-refractivity contribution in [2.45, 2.75) is 65.0 Å². The van der Waals surface area contributed by atoms with Gasteiger partial charge in [0.2, 0.25) is 0 Å². The minimum absolute atomic E-state index is 0.151. The largest absolute Gasteiger partial charge is 0.335 e. The second kappa shape index (κ2) is 6.33. The molecule has 0 spiro atoms. The lowest BCUT2D eigenvalue weighted by Gasteiger charge is -2.42. The summed E-state index contributed by atoms with van der Waals surface area (Å²) in [6.07, 6.45) is 4.80. The average Bonchev–Trinajstić information content (AvgIpc) is 2.40. The zero-order chi connectivity index (χ0) is 14.8. The lowest BCUT2D eigenvalue weighted by molar-refractivity contribution is 0.0730. The first-order chi connectivity index (χ1) is 9.36. The molecule has 1 N–H and O–H groups in total. The van der Waals surface area contributed by atoms with Crippen molar-refractivity contribution >= 4 is 6.03 Å². The van der Waals surface area contributed by atoms with Crippen molar-refractivity contribution in [1.29, 1.82) is 0 Å². The SMILES string of the molecule is CC1CCC(NC(=O)N2CCN(C(C)(C)C)CC2)CC1. The quantitative estimate of drug-likeness (QED) is 0.802. The first kappa shape index (κ1) is 15.6. The number of hydrogen-bond donors (Lipinski definition) is 1. The summed E-state index contributed by atoms with van der Waals surface area (Å²) in [7, 11) is 0. The molecule has 0 aromatic rings. The summed E-state index contributed by atoms with van der Waals surface area (Å²) in [4.78, 5) is 16.7. The molecule has 1 aliphatic heterocycles. The smallest absolute Gasteiger partial charge is 0.317 e. The van der Waals surface area contributed by atoms with Gasteiger partial charge in [0.1, 0.15) is 0 Å². The lowest BCUT2D eigenvalue weighted by atomic mass is 9.87. The Balaban J connectivity index is 1.75. The molecule has 0 bridgehead atoms. The molecular formula is C16H31N3O. The Kier molecular flexibility index (Phi) is 4.95. The van der Waals surface area contributed by atoms with E-state index in [1.54, 1.807) is 0 Å². The number of urea groups is 1. The molecule has 1 saturated carbocycles. The van der Waals surface area contributed by atoms with Gasteiger partial charge in [-0.1, -0.05) is 6.92 Å². The Morgan fingerprint density at radius 1 is 1.00 bits per heavy atom. The van der Waals surface area contributed by atoms with Gasteiger partial charge in [-0.15, -0.1) is 0 Å². The average molecular weight is 281 g/mol. The highest BCUT2D eigenvalue weighted by Crippen LogP contribution is 2.23. The minimum Gasteiger partial charge on any atom is -0.335 e. The van der Waals surface area contributed by atoms with Crippen LogP contribution in [0.5, 0.6) is 0 Å². The highest BCUT2D eigenvalue weighted by molar-refractivity contribution is 5.74. The summed E-state index contributed by atoms with van der Waals surface area (Å²) in [6, 6.07) is 0.553. The van der Waals surface area contributed by atoms with Gasteiger partial charge < -0.3 is 10.2 Å². The van der Waals surface area contributed by atoms with Crippen LogP contribution in [0.25, 0.3) is 0 Å². The van der Waals surface area contributed by atoms with Crippen LogP contribution in [-0.4, -0.2) is 53.6 Å². The number of hydrogen-bond acceptors (Lipinski definition) is 2. The van der Waals surface area contributed by atoms with E-state index in [2.05, 4.69) is 37.9 Å². The zero-order valence-corrected chi connectivity index (χ0v) is 13.6. The van der Waals surface area contributed by atoms with Crippen molar-refractivity contribution in [3.8, 4) is 0 Å². The first-order valence-corrected chi connectivity index (χ1v) is 8.17. The Morgan fingerprint density at radius 2 is 1.55 bits per heavy atom. The van der Waals surface area contributed by atoms with E-state index >= 15 is 0 Å². The number of nitrogens with zero attached hydrogens (tertiary/aromatic N) is 2. The summed E-state index contributed by atoms with van der Waals surface area (Å²) in [5.41, 5.74) is 0.210. The molecule has 4 nitrogen and oxygen atoms in total. The molecule has 2 fully saturated rings. The standard InChI is InChI=1S/C16H31N3O/c1-13-5-7-14(8-6-13)17-15(20)18-9-11-19(12-10-18)16(2,3)4/h13-14H,5-12H2,1-4H3,(H,17,20). The molecule has 1 saturated heterocycles. The number of amides is 2. The van der Waals surface area contributed by atoms with E-state index in [9.17, 15) is 4.79 Å². The molecule has 2 amide bonds. The van der Waals surface area contributed by atoms with E-state index in [-0.39, 0.29) is 11.6 Å². The first-order valence-electron chi connectivity index (χ1n) is 8.17. The van der Waals surface area contributed by atoms with Crippen LogP contribution in [0.2, 0.25) is 0 Å². The van der Waals surface area contributed by atoms with Gasteiger partial charge in [-0.2, -0.15) is 0 Å². The van der Waals surface area contributed by atoms with E-state index in [4.69, 9.17) is 0 Å². The van der Waals surface area contributed by atoms with Crippen LogP contribution < -0.4 is 5.32 Å². The van der Waals surface area contributed by atoms with E-state index in [1.807, 2.05) is 4.90 Å².